The topological polar surface area (TPSA) is 77.9 Å². The molecule has 0 radical (unpaired) electrons. The van der Waals surface area contributed by atoms with Crippen molar-refractivity contribution in [3.8, 4) is 0 Å². The number of nitrogens with zero attached hydrogens (tertiary/aromatic N) is 2. The highest BCUT2D eigenvalue weighted by Gasteiger charge is 2.31. The molecule has 1 saturated heterocycles. The Labute approximate surface area is 154 Å². The number of aryl methyl sites for hydroxylation is 1. The molecule has 6 heteroatoms. The molecular formula is C20H28N2O4. The van der Waals surface area contributed by atoms with Crippen molar-refractivity contribution in [1.29, 1.82) is 0 Å². The van der Waals surface area contributed by atoms with E-state index in [0.717, 1.165) is 12.0 Å². The van der Waals surface area contributed by atoms with Gasteiger partial charge in [0.2, 0.25) is 11.8 Å². The van der Waals surface area contributed by atoms with Gasteiger partial charge in [0.15, 0.2) is 0 Å². The quantitative estimate of drug-likeness (QED) is 0.808. The molecule has 0 spiro atoms. The molecule has 0 atom stereocenters. The van der Waals surface area contributed by atoms with E-state index in [1.165, 1.54) is 4.90 Å². The number of carboxylic acid groups (broad SMARTS) is 1. The smallest absolute Gasteiger partial charge is 0.323 e. The molecule has 1 aliphatic rings. The standard InChI is InChI=1S/C20H28N2O4/c1-15(2)22(14-19(24)25)20(26)17-10-12-21(13-11-17)18(23)9-8-16-6-4-3-5-7-16/h3-7,15,17H,8-14H2,1-2H3,(H,24,25). The van der Waals surface area contributed by atoms with Crippen LogP contribution in [-0.4, -0.2) is 58.4 Å². The van der Waals surface area contributed by atoms with Gasteiger partial charge in [-0.05, 0) is 38.7 Å². The Morgan fingerprint density at radius 2 is 1.77 bits per heavy atom. The van der Waals surface area contributed by atoms with Gasteiger partial charge in [-0.3, -0.25) is 14.4 Å². The van der Waals surface area contributed by atoms with Gasteiger partial charge in [0.25, 0.3) is 0 Å². The number of carboxylic acids is 1. The van der Waals surface area contributed by atoms with E-state index in [1.807, 2.05) is 49.1 Å². The van der Waals surface area contributed by atoms with E-state index < -0.39 is 5.97 Å². The fourth-order valence-corrected chi connectivity index (χ4v) is 3.33. The highest BCUT2D eigenvalue weighted by atomic mass is 16.4. The van der Waals surface area contributed by atoms with Gasteiger partial charge in [0, 0.05) is 31.5 Å². The summed E-state index contributed by atoms with van der Waals surface area (Å²) in [5, 5.41) is 9.00. The lowest BCUT2D eigenvalue weighted by Crippen LogP contribution is -2.48. The van der Waals surface area contributed by atoms with Crippen LogP contribution in [0.5, 0.6) is 0 Å². The molecular weight excluding hydrogens is 332 g/mol. The molecule has 0 bridgehead atoms. The summed E-state index contributed by atoms with van der Waals surface area (Å²) in [5.74, 6) is -1.19. The maximum Gasteiger partial charge on any atom is 0.323 e. The van der Waals surface area contributed by atoms with E-state index in [1.54, 1.807) is 0 Å². The molecule has 1 aromatic carbocycles. The Bertz CT molecular complexity index is 622. The van der Waals surface area contributed by atoms with Crippen molar-refractivity contribution in [2.45, 2.75) is 45.6 Å². The van der Waals surface area contributed by atoms with E-state index in [2.05, 4.69) is 0 Å². The van der Waals surface area contributed by atoms with Gasteiger partial charge in [0.05, 0.1) is 0 Å². The van der Waals surface area contributed by atoms with Crippen LogP contribution in [0.4, 0.5) is 0 Å². The van der Waals surface area contributed by atoms with Crippen LogP contribution in [0.2, 0.25) is 0 Å². The number of hydrogen-bond acceptors (Lipinski definition) is 3. The largest absolute Gasteiger partial charge is 0.480 e. The summed E-state index contributed by atoms with van der Waals surface area (Å²) in [7, 11) is 0. The first kappa shape index (κ1) is 19.9. The van der Waals surface area contributed by atoms with Crippen LogP contribution in [0.1, 0.15) is 38.7 Å². The van der Waals surface area contributed by atoms with Crippen LogP contribution in [0, 0.1) is 5.92 Å². The number of aliphatic carboxylic acids is 1. The lowest BCUT2D eigenvalue weighted by atomic mass is 9.94. The molecule has 0 unspecified atom stereocenters. The molecule has 142 valence electrons. The zero-order valence-electron chi connectivity index (χ0n) is 15.6. The molecule has 2 amide bonds. The van der Waals surface area contributed by atoms with E-state index in [0.29, 0.717) is 32.4 Å². The Morgan fingerprint density at radius 1 is 1.15 bits per heavy atom. The van der Waals surface area contributed by atoms with Crippen molar-refractivity contribution in [2.24, 2.45) is 5.92 Å². The van der Waals surface area contributed by atoms with Crippen molar-refractivity contribution in [3.63, 3.8) is 0 Å². The monoisotopic (exact) mass is 360 g/mol. The summed E-state index contributed by atoms with van der Waals surface area (Å²) < 4.78 is 0. The van der Waals surface area contributed by atoms with Crippen LogP contribution in [0.25, 0.3) is 0 Å². The summed E-state index contributed by atoms with van der Waals surface area (Å²) in [6.45, 7) is 4.49. The van der Waals surface area contributed by atoms with E-state index >= 15 is 0 Å². The maximum absolute atomic E-state index is 12.6. The van der Waals surface area contributed by atoms with Crippen LogP contribution in [0.15, 0.2) is 30.3 Å². The number of carbonyl (C=O) groups is 3. The van der Waals surface area contributed by atoms with Crippen LogP contribution in [-0.2, 0) is 20.8 Å². The molecule has 1 fully saturated rings. The summed E-state index contributed by atoms with van der Waals surface area (Å²) in [6.07, 6.45) is 2.38. The Balaban J connectivity index is 1.82. The molecule has 6 nitrogen and oxygen atoms in total. The zero-order valence-corrected chi connectivity index (χ0v) is 15.6. The SMILES string of the molecule is CC(C)N(CC(=O)O)C(=O)C1CCN(C(=O)CCc2ccccc2)CC1. The molecule has 1 N–H and O–H groups in total. The number of piperidine rings is 1. The Morgan fingerprint density at radius 3 is 2.31 bits per heavy atom. The second-order valence-electron chi connectivity index (χ2n) is 7.09. The highest BCUT2D eigenvalue weighted by molar-refractivity contribution is 5.84. The number of rotatable bonds is 7. The van der Waals surface area contributed by atoms with E-state index in [9.17, 15) is 14.4 Å². The van der Waals surface area contributed by atoms with Gasteiger partial charge in [-0.15, -0.1) is 0 Å². The van der Waals surface area contributed by atoms with Crippen molar-refractivity contribution in [3.05, 3.63) is 35.9 Å². The number of hydrogen-bond donors (Lipinski definition) is 1. The van der Waals surface area contributed by atoms with Gasteiger partial charge in [-0.1, -0.05) is 30.3 Å². The Hall–Kier alpha value is -2.37. The molecule has 26 heavy (non-hydrogen) atoms. The number of amides is 2. The van der Waals surface area contributed by atoms with Crippen molar-refractivity contribution in [2.75, 3.05) is 19.6 Å². The fraction of sp³-hybridized carbons (Fsp3) is 0.550. The third-order valence-corrected chi connectivity index (χ3v) is 4.88. The summed E-state index contributed by atoms with van der Waals surface area (Å²) in [4.78, 5) is 39.2. The minimum atomic E-state index is -0.999. The third-order valence-electron chi connectivity index (χ3n) is 4.88. The second-order valence-corrected chi connectivity index (χ2v) is 7.09. The highest BCUT2D eigenvalue weighted by Crippen LogP contribution is 2.21. The molecule has 0 saturated carbocycles. The van der Waals surface area contributed by atoms with Gasteiger partial charge in [0.1, 0.15) is 6.54 Å². The van der Waals surface area contributed by atoms with Crippen molar-refractivity contribution in [1.82, 2.24) is 9.80 Å². The maximum atomic E-state index is 12.6. The number of likely N-dealkylation sites (tertiary alicyclic amines) is 1. The average molecular weight is 360 g/mol. The van der Waals surface area contributed by atoms with Crippen molar-refractivity contribution >= 4 is 17.8 Å². The average Bonchev–Trinajstić information content (AvgIpc) is 2.64. The number of carbonyl (C=O) groups excluding carboxylic acids is 2. The Kier molecular flexibility index (Phi) is 7.18. The fourth-order valence-electron chi connectivity index (χ4n) is 3.33. The van der Waals surface area contributed by atoms with Gasteiger partial charge in [-0.2, -0.15) is 0 Å². The molecule has 0 aromatic heterocycles. The normalized spacial score (nSPS) is 15.1. The summed E-state index contributed by atoms with van der Waals surface area (Å²) in [6, 6.07) is 9.77. The summed E-state index contributed by atoms with van der Waals surface area (Å²) >= 11 is 0. The van der Waals surface area contributed by atoms with Crippen LogP contribution >= 0.6 is 0 Å². The molecule has 1 heterocycles. The molecule has 0 aliphatic carbocycles. The van der Waals surface area contributed by atoms with Gasteiger partial charge < -0.3 is 14.9 Å². The number of benzene rings is 1. The lowest BCUT2D eigenvalue weighted by molar-refractivity contribution is -0.149. The predicted octanol–water partition coefficient (Wildman–Crippen LogP) is 2.18. The van der Waals surface area contributed by atoms with E-state index in [4.69, 9.17) is 5.11 Å². The molecule has 1 aliphatic heterocycles. The zero-order chi connectivity index (χ0) is 19.1. The molecule has 2 rings (SSSR count). The first-order valence-corrected chi connectivity index (χ1v) is 9.22. The third kappa shape index (κ3) is 5.58. The van der Waals surface area contributed by atoms with Crippen LogP contribution < -0.4 is 0 Å². The van der Waals surface area contributed by atoms with Gasteiger partial charge >= 0.3 is 5.97 Å². The molecule has 1 aromatic rings. The van der Waals surface area contributed by atoms with Crippen LogP contribution in [0.3, 0.4) is 0 Å². The van der Waals surface area contributed by atoms with Crippen molar-refractivity contribution < 1.29 is 19.5 Å². The minimum absolute atomic E-state index is 0.112. The minimum Gasteiger partial charge on any atom is -0.480 e. The first-order valence-electron chi connectivity index (χ1n) is 9.22. The summed E-state index contributed by atoms with van der Waals surface area (Å²) in [5.41, 5.74) is 1.15. The second kappa shape index (κ2) is 9.36. The first-order chi connectivity index (χ1) is 12.4. The predicted molar refractivity (Wildman–Crippen MR) is 98.6 cm³/mol. The van der Waals surface area contributed by atoms with Gasteiger partial charge in [-0.25, -0.2) is 0 Å². The lowest BCUT2D eigenvalue weighted by Gasteiger charge is -2.35. The van der Waals surface area contributed by atoms with E-state index in [-0.39, 0.29) is 30.3 Å².